The first-order valence-electron chi connectivity index (χ1n) is 5.97. The van der Waals surface area contributed by atoms with E-state index in [1.54, 1.807) is 12.1 Å². The number of rotatable bonds is 4. The van der Waals surface area contributed by atoms with E-state index in [2.05, 4.69) is 15.4 Å². The van der Waals surface area contributed by atoms with Crippen molar-refractivity contribution in [2.24, 2.45) is 0 Å². The summed E-state index contributed by atoms with van der Waals surface area (Å²) in [4.78, 5) is 12.9. The molecule has 0 saturated carbocycles. The number of tetrazole rings is 1. The highest BCUT2D eigenvalue weighted by atomic mass is 16.6. The first-order valence-corrected chi connectivity index (χ1v) is 5.97. The maximum absolute atomic E-state index is 11.5. The van der Waals surface area contributed by atoms with E-state index in [0.717, 1.165) is 0 Å². The maximum Gasteiger partial charge on any atom is 0.308 e. The van der Waals surface area contributed by atoms with Gasteiger partial charge in [0.1, 0.15) is 5.60 Å². The highest BCUT2D eigenvalue weighted by Crippen LogP contribution is 2.13. The van der Waals surface area contributed by atoms with Gasteiger partial charge in [-0.25, -0.2) is 0 Å². The van der Waals surface area contributed by atoms with Crippen LogP contribution in [-0.2, 0) is 16.1 Å². The van der Waals surface area contributed by atoms with Crippen LogP contribution in [0.4, 0.5) is 0 Å². The molecule has 0 spiro atoms. The zero-order valence-electron chi connectivity index (χ0n) is 11.2. The summed E-state index contributed by atoms with van der Waals surface area (Å²) in [5, 5.41) is 11.8. The Morgan fingerprint density at radius 2 is 2.26 bits per heavy atom. The van der Waals surface area contributed by atoms with E-state index in [1.807, 2.05) is 20.8 Å². The number of nitrogens with zero attached hydrogens (tertiary/aromatic N) is 4. The van der Waals surface area contributed by atoms with Gasteiger partial charge in [0, 0.05) is 0 Å². The zero-order valence-corrected chi connectivity index (χ0v) is 11.2. The average Bonchev–Trinajstić information content (AvgIpc) is 2.95. The van der Waals surface area contributed by atoms with Crippen molar-refractivity contribution in [3.8, 4) is 11.6 Å². The standard InChI is InChI=1S/C12H16N4O3/c1-12(2,3)19-10(17)6-7-16-14-11(13-15-16)9-5-4-8-18-9/h4-5,8H,6-7H2,1-3H3. The van der Waals surface area contributed by atoms with Crippen molar-refractivity contribution >= 4 is 5.97 Å². The predicted molar refractivity (Wildman–Crippen MR) is 66.0 cm³/mol. The summed E-state index contributed by atoms with van der Waals surface area (Å²) in [6.07, 6.45) is 1.74. The fraction of sp³-hybridized carbons (Fsp3) is 0.500. The molecule has 0 unspecified atom stereocenters. The molecule has 102 valence electrons. The number of ether oxygens (including phenoxy) is 1. The Hall–Kier alpha value is -2.18. The number of carbonyl (C=O) groups is 1. The second-order valence-electron chi connectivity index (χ2n) is 5.02. The lowest BCUT2D eigenvalue weighted by Crippen LogP contribution is -2.24. The van der Waals surface area contributed by atoms with Gasteiger partial charge in [-0.05, 0) is 38.1 Å². The minimum Gasteiger partial charge on any atom is -0.461 e. The number of hydrogen-bond donors (Lipinski definition) is 0. The minimum atomic E-state index is -0.480. The third-order valence-corrected chi connectivity index (χ3v) is 2.13. The molecule has 0 aromatic carbocycles. The van der Waals surface area contributed by atoms with Crippen molar-refractivity contribution < 1.29 is 13.9 Å². The van der Waals surface area contributed by atoms with Crippen molar-refractivity contribution in [1.82, 2.24) is 20.2 Å². The highest BCUT2D eigenvalue weighted by Gasteiger charge is 2.16. The third kappa shape index (κ3) is 3.90. The van der Waals surface area contributed by atoms with Crippen molar-refractivity contribution in [3.05, 3.63) is 18.4 Å². The summed E-state index contributed by atoms with van der Waals surface area (Å²) >= 11 is 0. The van der Waals surface area contributed by atoms with E-state index < -0.39 is 5.60 Å². The van der Waals surface area contributed by atoms with Gasteiger partial charge in [0.15, 0.2) is 5.76 Å². The average molecular weight is 264 g/mol. The predicted octanol–water partition coefficient (Wildman–Crippen LogP) is 1.66. The van der Waals surface area contributed by atoms with Crippen molar-refractivity contribution in [2.45, 2.75) is 39.3 Å². The Bertz CT molecular complexity index is 540. The second-order valence-corrected chi connectivity index (χ2v) is 5.02. The topological polar surface area (TPSA) is 83.0 Å². The summed E-state index contributed by atoms with van der Waals surface area (Å²) in [5.74, 6) is 0.655. The van der Waals surface area contributed by atoms with E-state index >= 15 is 0 Å². The van der Waals surface area contributed by atoms with Crippen molar-refractivity contribution in [3.63, 3.8) is 0 Å². The molecule has 0 N–H and O–H groups in total. The molecule has 7 nitrogen and oxygen atoms in total. The van der Waals surface area contributed by atoms with Crippen LogP contribution in [0.25, 0.3) is 11.6 Å². The summed E-state index contributed by atoms with van der Waals surface area (Å²) < 4.78 is 10.3. The van der Waals surface area contributed by atoms with Crippen molar-refractivity contribution in [2.75, 3.05) is 0 Å². The molecule has 2 aromatic heterocycles. The quantitative estimate of drug-likeness (QED) is 0.781. The fourth-order valence-corrected chi connectivity index (χ4v) is 1.43. The van der Waals surface area contributed by atoms with Gasteiger partial charge >= 0.3 is 5.97 Å². The van der Waals surface area contributed by atoms with E-state index in [1.165, 1.54) is 11.1 Å². The minimum absolute atomic E-state index is 0.200. The lowest BCUT2D eigenvalue weighted by atomic mass is 10.2. The molecule has 2 aromatic rings. The van der Waals surface area contributed by atoms with Gasteiger partial charge in [-0.1, -0.05) is 0 Å². The molecular formula is C12H16N4O3. The van der Waals surface area contributed by atoms with Crippen LogP contribution in [0.2, 0.25) is 0 Å². The monoisotopic (exact) mass is 264 g/mol. The van der Waals surface area contributed by atoms with Crippen LogP contribution in [-0.4, -0.2) is 31.8 Å². The number of aromatic nitrogens is 4. The summed E-state index contributed by atoms with van der Waals surface area (Å²) in [6, 6.07) is 3.49. The Morgan fingerprint density at radius 1 is 1.47 bits per heavy atom. The number of esters is 1. The number of furan rings is 1. The summed E-state index contributed by atoms with van der Waals surface area (Å²) in [7, 11) is 0. The van der Waals surface area contributed by atoms with E-state index in [9.17, 15) is 4.79 Å². The molecule has 19 heavy (non-hydrogen) atoms. The van der Waals surface area contributed by atoms with Gasteiger partial charge in [0.25, 0.3) is 0 Å². The molecule has 0 saturated heterocycles. The lowest BCUT2D eigenvalue weighted by Gasteiger charge is -2.19. The molecule has 0 radical (unpaired) electrons. The number of hydrogen-bond acceptors (Lipinski definition) is 6. The van der Waals surface area contributed by atoms with Crippen LogP contribution < -0.4 is 0 Å². The highest BCUT2D eigenvalue weighted by molar-refractivity contribution is 5.69. The fourth-order valence-electron chi connectivity index (χ4n) is 1.43. The molecule has 2 heterocycles. The molecule has 0 atom stereocenters. The van der Waals surface area contributed by atoms with Gasteiger partial charge in [0.05, 0.1) is 19.2 Å². The Balaban J connectivity index is 1.89. The maximum atomic E-state index is 11.5. The zero-order chi connectivity index (χ0) is 13.9. The van der Waals surface area contributed by atoms with Crippen LogP contribution in [0, 0.1) is 0 Å². The van der Waals surface area contributed by atoms with Gasteiger partial charge in [-0.3, -0.25) is 4.79 Å². The van der Waals surface area contributed by atoms with E-state index in [0.29, 0.717) is 18.1 Å². The Labute approximate surface area is 110 Å². The first-order chi connectivity index (χ1) is 8.94. The molecule has 0 aliphatic heterocycles. The van der Waals surface area contributed by atoms with Crippen LogP contribution >= 0.6 is 0 Å². The SMILES string of the molecule is CC(C)(C)OC(=O)CCn1nnc(-c2ccco2)n1. The van der Waals surface area contributed by atoms with Gasteiger partial charge in [-0.15, -0.1) is 10.2 Å². The normalized spacial score (nSPS) is 11.5. The lowest BCUT2D eigenvalue weighted by molar-refractivity contribution is -0.155. The molecule has 0 fully saturated rings. The first kappa shape index (κ1) is 13.3. The van der Waals surface area contributed by atoms with E-state index in [4.69, 9.17) is 9.15 Å². The molecule has 2 rings (SSSR count). The summed E-state index contributed by atoms with van der Waals surface area (Å²) in [5.41, 5.74) is -0.480. The van der Waals surface area contributed by atoms with Gasteiger partial charge in [0.2, 0.25) is 5.82 Å². The largest absolute Gasteiger partial charge is 0.461 e. The number of carbonyl (C=O) groups excluding carboxylic acids is 1. The summed E-state index contributed by atoms with van der Waals surface area (Å²) in [6.45, 7) is 5.80. The van der Waals surface area contributed by atoms with Crippen LogP contribution in [0.3, 0.4) is 0 Å². The Morgan fingerprint density at radius 3 is 2.89 bits per heavy atom. The third-order valence-electron chi connectivity index (χ3n) is 2.13. The van der Waals surface area contributed by atoms with E-state index in [-0.39, 0.29) is 12.4 Å². The van der Waals surface area contributed by atoms with Crippen LogP contribution in [0.1, 0.15) is 27.2 Å². The molecule has 0 amide bonds. The molecule has 0 aliphatic rings. The van der Waals surface area contributed by atoms with Gasteiger partial charge < -0.3 is 9.15 Å². The second kappa shape index (κ2) is 5.21. The van der Waals surface area contributed by atoms with Crippen molar-refractivity contribution in [1.29, 1.82) is 0 Å². The van der Waals surface area contributed by atoms with Crippen LogP contribution in [0.5, 0.6) is 0 Å². The Kier molecular flexibility index (Phi) is 3.64. The molecule has 0 aliphatic carbocycles. The van der Waals surface area contributed by atoms with Crippen LogP contribution in [0.15, 0.2) is 22.8 Å². The number of aryl methyl sites for hydroxylation is 1. The molecule has 0 bridgehead atoms. The smallest absolute Gasteiger partial charge is 0.308 e. The van der Waals surface area contributed by atoms with Gasteiger partial charge in [-0.2, -0.15) is 4.80 Å². The molecular weight excluding hydrogens is 248 g/mol. The molecule has 7 heteroatoms.